The van der Waals surface area contributed by atoms with Gasteiger partial charge in [0.1, 0.15) is 19.8 Å². The van der Waals surface area contributed by atoms with Crippen LogP contribution in [0.5, 0.6) is 0 Å². The molecule has 0 bridgehead atoms. The molecule has 1 unspecified atom stereocenters. The normalized spacial score (nSPS) is 14.5. The smallest absolute Gasteiger partial charge is 0.462 e. The zero-order valence-corrected chi connectivity index (χ0v) is 36.0. The summed E-state index contributed by atoms with van der Waals surface area (Å²) < 4.78 is 34.1. The van der Waals surface area contributed by atoms with Crippen LogP contribution >= 0.6 is 7.82 Å². The summed E-state index contributed by atoms with van der Waals surface area (Å²) in [4.78, 5) is 35.2. The summed E-state index contributed by atoms with van der Waals surface area (Å²) in [6.45, 7) is 4.15. The van der Waals surface area contributed by atoms with Crippen molar-refractivity contribution in [1.29, 1.82) is 0 Å². The topological polar surface area (TPSA) is 108 Å². The maximum atomic E-state index is 12.6. The van der Waals surface area contributed by atoms with Crippen molar-refractivity contribution in [2.45, 2.75) is 142 Å². The van der Waals surface area contributed by atoms with E-state index in [-0.39, 0.29) is 26.1 Å². The number of carbonyl (C=O) groups is 2. The van der Waals surface area contributed by atoms with Gasteiger partial charge in [0.25, 0.3) is 0 Å². The number of unbranched alkanes of at least 4 members (excludes halogenated alkanes) is 8. The fraction of sp³-hybridized carbons (Fsp3) is 0.644. The highest BCUT2D eigenvalue weighted by atomic mass is 31.2. The molecule has 0 amide bonds. The lowest BCUT2D eigenvalue weighted by molar-refractivity contribution is -0.870. The molecule has 314 valence electrons. The maximum Gasteiger partial charge on any atom is 0.472 e. The van der Waals surface area contributed by atoms with Gasteiger partial charge in [-0.05, 0) is 77.0 Å². The van der Waals surface area contributed by atoms with Gasteiger partial charge in [-0.15, -0.1) is 0 Å². The Labute approximate surface area is 335 Å². The largest absolute Gasteiger partial charge is 0.472 e. The summed E-state index contributed by atoms with van der Waals surface area (Å²) >= 11 is 0. The molecule has 0 aromatic rings. The van der Waals surface area contributed by atoms with E-state index in [4.69, 9.17) is 18.5 Å². The predicted octanol–water partition coefficient (Wildman–Crippen LogP) is 11.6. The van der Waals surface area contributed by atoms with Crippen molar-refractivity contribution < 1.29 is 42.1 Å². The van der Waals surface area contributed by atoms with Crippen LogP contribution in [0.15, 0.2) is 85.1 Å². The molecule has 55 heavy (non-hydrogen) atoms. The van der Waals surface area contributed by atoms with Crippen molar-refractivity contribution in [3.05, 3.63) is 85.1 Å². The molecule has 0 aromatic carbocycles. The van der Waals surface area contributed by atoms with Crippen LogP contribution in [0, 0.1) is 0 Å². The number of phosphoric ester groups is 1. The number of likely N-dealkylation sites (N-methyl/N-ethyl adjacent to an activating group) is 1. The summed E-state index contributed by atoms with van der Waals surface area (Å²) in [5.41, 5.74) is 0. The Balaban J connectivity index is 4.53. The van der Waals surface area contributed by atoms with E-state index in [1.807, 2.05) is 33.3 Å². The Bertz CT molecular complexity index is 1210. The maximum absolute atomic E-state index is 12.6. The van der Waals surface area contributed by atoms with Crippen molar-refractivity contribution >= 4 is 19.8 Å². The van der Waals surface area contributed by atoms with Gasteiger partial charge >= 0.3 is 19.8 Å². The number of hydrogen-bond acceptors (Lipinski definition) is 7. The third-order valence-electron chi connectivity index (χ3n) is 8.17. The number of rotatable bonds is 36. The monoisotopic (exact) mass is 791 g/mol. The third kappa shape index (κ3) is 40.7. The molecule has 0 spiro atoms. The van der Waals surface area contributed by atoms with Crippen LogP contribution in [0.25, 0.3) is 0 Å². The Hall–Kier alpha value is -2.81. The number of carbonyl (C=O) groups excluding carboxylic acids is 2. The zero-order chi connectivity index (χ0) is 40.7. The minimum Gasteiger partial charge on any atom is -0.462 e. The molecular formula is C45H77NO8P+. The molecule has 0 aromatic heterocycles. The van der Waals surface area contributed by atoms with Gasteiger partial charge in [0.05, 0.1) is 27.7 Å². The highest BCUT2D eigenvalue weighted by molar-refractivity contribution is 7.47. The number of phosphoric acid groups is 1. The van der Waals surface area contributed by atoms with Gasteiger partial charge in [-0.25, -0.2) is 4.57 Å². The van der Waals surface area contributed by atoms with Crippen LogP contribution in [0.2, 0.25) is 0 Å². The van der Waals surface area contributed by atoms with Gasteiger partial charge in [0, 0.05) is 12.8 Å². The second-order valence-corrected chi connectivity index (χ2v) is 16.1. The van der Waals surface area contributed by atoms with E-state index in [0.717, 1.165) is 77.0 Å². The SMILES string of the molecule is CC/C=C/C/C=C/C/C=C/C/C=C/C/C=C/C/C=C/CCC(=O)OC[C@@H](COP(=O)(O)OCC[N+](C)(C)C)OC(=O)CCCCCCC/C=C/CCCCC. The lowest BCUT2D eigenvalue weighted by Crippen LogP contribution is -2.37. The fourth-order valence-electron chi connectivity index (χ4n) is 4.91. The van der Waals surface area contributed by atoms with Crippen LogP contribution in [0.3, 0.4) is 0 Å². The van der Waals surface area contributed by atoms with Gasteiger partial charge in [0.2, 0.25) is 0 Å². The Kier molecular flexibility index (Phi) is 34.9. The van der Waals surface area contributed by atoms with Crippen LogP contribution < -0.4 is 0 Å². The van der Waals surface area contributed by atoms with Gasteiger partial charge in [-0.3, -0.25) is 18.6 Å². The van der Waals surface area contributed by atoms with Crippen LogP contribution in [0.1, 0.15) is 136 Å². The summed E-state index contributed by atoms with van der Waals surface area (Å²) in [5, 5.41) is 0. The molecule has 0 aliphatic heterocycles. The number of esters is 2. The van der Waals surface area contributed by atoms with Crippen LogP contribution in [0.4, 0.5) is 0 Å². The van der Waals surface area contributed by atoms with E-state index in [2.05, 4.69) is 86.8 Å². The first-order valence-electron chi connectivity index (χ1n) is 20.8. The predicted molar refractivity (Wildman–Crippen MR) is 229 cm³/mol. The molecule has 2 atom stereocenters. The van der Waals surface area contributed by atoms with Crippen molar-refractivity contribution in [3.8, 4) is 0 Å². The van der Waals surface area contributed by atoms with Crippen LogP contribution in [-0.2, 0) is 32.7 Å². The number of quaternary nitrogens is 1. The first-order valence-corrected chi connectivity index (χ1v) is 22.3. The van der Waals surface area contributed by atoms with E-state index in [1.165, 1.54) is 19.3 Å². The minimum absolute atomic E-state index is 0.0144. The second kappa shape index (κ2) is 36.8. The second-order valence-electron chi connectivity index (χ2n) is 14.6. The van der Waals surface area contributed by atoms with Crippen molar-refractivity contribution in [1.82, 2.24) is 0 Å². The molecule has 10 heteroatoms. The fourth-order valence-corrected chi connectivity index (χ4v) is 5.66. The zero-order valence-electron chi connectivity index (χ0n) is 35.1. The van der Waals surface area contributed by atoms with Gasteiger partial charge in [-0.2, -0.15) is 0 Å². The average molecular weight is 791 g/mol. The highest BCUT2D eigenvalue weighted by Crippen LogP contribution is 2.43. The van der Waals surface area contributed by atoms with E-state index in [0.29, 0.717) is 23.9 Å². The molecule has 9 nitrogen and oxygen atoms in total. The number of ether oxygens (including phenoxy) is 2. The van der Waals surface area contributed by atoms with Crippen LogP contribution in [-0.4, -0.2) is 74.9 Å². The molecule has 0 aliphatic carbocycles. The number of hydrogen-bond donors (Lipinski definition) is 1. The molecule has 0 saturated heterocycles. The molecule has 0 radical (unpaired) electrons. The molecule has 0 heterocycles. The summed E-state index contributed by atoms with van der Waals surface area (Å²) in [7, 11) is 1.42. The summed E-state index contributed by atoms with van der Waals surface area (Å²) in [5.74, 6) is -0.917. The van der Waals surface area contributed by atoms with Crippen molar-refractivity contribution in [2.75, 3.05) is 47.5 Å². The Morgan fingerprint density at radius 3 is 1.62 bits per heavy atom. The number of allylic oxidation sites excluding steroid dienone is 14. The van der Waals surface area contributed by atoms with Gasteiger partial charge in [-0.1, -0.05) is 131 Å². The first kappa shape index (κ1) is 52.2. The molecule has 0 rings (SSSR count). The summed E-state index contributed by atoms with van der Waals surface area (Å²) in [6.07, 6.45) is 46.5. The van der Waals surface area contributed by atoms with Crippen molar-refractivity contribution in [3.63, 3.8) is 0 Å². The Morgan fingerprint density at radius 1 is 0.582 bits per heavy atom. The standard InChI is InChI=1S/C45H76NO8P/c1-6-8-10-12-14-16-18-20-21-22-23-24-25-26-28-29-31-33-35-37-44(47)51-41-43(42-53-55(49,50)52-40-39-46(3,4)5)54-45(48)38-36-34-32-30-27-19-17-15-13-11-9-7-2/h8,10,14-17,20-21,23-24,26,28,31,33,43H,6-7,9,11-13,18-19,22,25,27,29-30,32,34-42H2,1-5H3/p+1/b10-8+,16-14+,17-15+,21-20+,24-23+,28-26+,33-31+/t43-/m0/s1. The summed E-state index contributed by atoms with van der Waals surface area (Å²) in [6, 6.07) is 0. The van der Waals surface area contributed by atoms with Gasteiger partial charge in [0.15, 0.2) is 6.10 Å². The van der Waals surface area contributed by atoms with E-state index in [9.17, 15) is 19.0 Å². The molecular weight excluding hydrogens is 713 g/mol. The molecule has 1 N–H and O–H groups in total. The van der Waals surface area contributed by atoms with E-state index in [1.54, 1.807) is 0 Å². The minimum atomic E-state index is -4.39. The van der Waals surface area contributed by atoms with Gasteiger partial charge < -0.3 is 18.9 Å². The molecule has 0 fully saturated rings. The highest BCUT2D eigenvalue weighted by Gasteiger charge is 2.27. The lowest BCUT2D eigenvalue weighted by atomic mass is 10.1. The number of nitrogens with zero attached hydrogens (tertiary/aromatic N) is 1. The molecule has 0 saturated carbocycles. The first-order chi connectivity index (χ1) is 26.5. The molecule has 0 aliphatic rings. The van der Waals surface area contributed by atoms with Crippen molar-refractivity contribution in [2.24, 2.45) is 0 Å². The lowest BCUT2D eigenvalue weighted by Gasteiger charge is -2.24. The Morgan fingerprint density at radius 2 is 1.07 bits per heavy atom. The third-order valence-corrected chi connectivity index (χ3v) is 9.16. The van der Waals surface area contributed by atoms with E-state index < -0.39 is 32.5 Å². The quantitative estimate of drug-likeness (QED) is 0.0220. The van der Waals surface area contributed by atoms with E-state index >= 15 is 0 Å². The average Bonchev–Trinajstić information content (AvgIpc) is 3.13.